The summed E-state index contributed by atoms with van der Waals surface area (Å²) in [4.78, 5) is 17.2. The molecule has 0 saturated carbocycles. The number of aryl methyl sites for hydroxylation is 1. The van der Waals surface area contributed by atoms with E-state index >= 15 is 0 Å². The number of pyridine rings is 1. The second kappa shape index (κ2) is 9.90. The molecule has 2 N–H and O–H groups in total. The van der Waals surface area contributed by atoms with Crippen LogP contribution in [-0.4, -0.2) is 45.1 Å². The van der Waals surface area contributed by atoms with Gasteiger partial charge in [-0.3, -0.25) is 9.20 Å². The van der Waals surface area contributed by atoms with Gasteiger partial charge in [0.15, 0.2) is 11.4 Å². The van der Waals surface area contributed by atoms with E-state index < -0.39 is 11.6 Å². The van der Waals surface area contributed by atoms with Gasteiger partial charge in [0.1, 0.15) is 23.9 Å². The number of halogens is 2. The Morgan fingerprint density at radius 2 is 2.03 bits per heavy atom. The maximum Gasteiger partial charge on any atom is 0.270 e. The molecular formula is C21H23F2N3O3S. The Balaban J connectivity index is 1.85. The molecule has 3 rings (SSSR count). The van der Waals surface area contributed by atoms with Crippen LogP contribution in [0.3, 0.4) is 0 Å². The number of hydrogen-bond acceptors (Lipinski definition) is 5. The maximum absolute atomic E-state index is 13.9. The molecule has 1 unspecified atom stereocenters. The van der Waals surface area contributed by atoms with E-state index in [1.165, 1.54) is 18.2 Å². The minimum absolute atomic E-state index is 0.162. The lowest BCUT2D eigenvalue weighted by Crippen LogP contribution is -2.38. The predicted octanol–water partition coefficient (Wildman–Crippen LogP) is 3.34. The third-order valence-corrected chi connectivity index (χ3v) is 5.31. The summed E-state index contributed by atoms with van der Waals surface area (Å²) >= 11 is 1.63. The highest BCUT2D eigenvalue weighted by Gasteiger charge is 2.21. The Bertz CT molecular complexity index is 1020. The number of aliphatic hydroxyl groups is 1. The Kier molecular flexibility index (Phi) is 7.28. The molecule has 160 valence electrons. The van der Waals surface area contributed by atoms with Gasteiger partial charge in [-0.05, 0) is 49.6 Å². The number of thioether (sulfide) groups is 1. The second-order valence-corrected chi connectivity index (χ2v) is 7.72. The van der Waals surface area contributed by atoms with Gasteiger partial charge < -0.3 is 15.2 Å². The summed E-state index contributed by atoms with van der Waals surface area (Å²) in [7, 11) is 0. The molecule has 2 aromatic heterocycles. The fraction of sp³-hybridized carbons (Fsp3) is 0.333. The molecule has 1 aromatic carbocycles. The summed E-state index contributed by atoms with van der Waals surface area (Å²) in [6.45, 7) is 1.22. The number of fused-ring (bicyclic) bond motifs is 1. The van der Waals surface area contributed by atoms with Crippen molar-refractivity contribution in [1.29, 1.82) is 0 Å². The van der Waals surface area contributed by atoms with E-state index in [-0.39, 0.29) is 30.7 Å². The molecule has 0 aliphatic carbocycles. The van der Waals surface area contributed by atoms with Crippen LogP contribution in [0.25, 0.3) is 5.65 Å². The van der Waals surface area contributed by atoms with Gasteiger partial charge in [-0.2, -0.15) is 11.8 Å². The van der Waals surface area contributed by atoms with Crippen LogP contribution in [0.2, 0.25) is 0 Å². The number of hydrogen-bond donors (Lipinski definition) is 2. The lowest BCUT2D eigenvalue weighted by atomic mass is 10.2. The summed E-state index contributed by atoms with van der Waals surface area (Å²) in [5, 5.41) is 12.3. The summed E-state index contributed by atoms with van der Waals surface area (Å²) in [5.41, 5.74) is 0.971. The van der Waals surface area contributed by atoms with E-state index in [1.54, 1.807) is 41.4 Å². The number of imidazole rings is 1. The fourth-order valence-corrected chi connectivity index (χ4v) is 3.61. The van der Waals surface area contributed by atoms with Crippen molar-refractivity contribution in [3.63, 3.8) is 0 Å². The summed E-state index contributed by atoms with van der Waals surface area (Å²) in [5.74, 6) is -0.646. The first-order valence-corrected chi connectivity index (χ1v) is 10.8. The van der Waals surface area contributed by atoms with Crippen LogP contribution in [0.5, 0.6) is 5.75 Å². The minimum atomic E-state index is -0.693. The van der Waals surface area contributed by atoms with E-state index in [9.17, 15) is 18.7 Å². The monoisotopic (exact) mass is 435 g/mol. The highest BCUT2D eigenvalue weighted by atomic mass is 32.2. The number of ether oxygens (including phenoxy) is 1. The van der Waals surface area contributed by atoms with Crippen molar-refractivity contribution in [1.82, 2.24) is 14.7 Å². The van der Waals surface area contributed by atoms with Crippen molar-refractivity contribution in [2.75, 3.05) is 18.6 Å². The third-order valence-electron chi connectivity index (χ3n) is 4.66. The van der Waals surface area contributed by atoms with Gasteiger partial charge >= 0.3 is 0 Å². The van der Waals surface area contributed by atoms with Crippen molar-refractivity contribution in [3.05, 3.63) is 65.1 Å². The van der Waals surface area contributed by atoms with Crippen LogP contribution in [0.15, 0.2) is 36.5 Å². The molecule has 0 radical (unpaired) electrons. The number of aromatic nitrogens is 2. The molecule has 0 fully saturated rings. The molecule has 0 bridgehead atoms. The molecule has 6 nitrogen and oxygen atoms in total. The number of rotatable bonds is 9. The SMILES string of the molecule is CSCCC(CO)NC(=O)c1c(C)nc2c(OCc3c(F)cccc3F)cccn12. The van der Waals surface area contributed by atoms with Crippen molar-refractivity contribution in [3.8, 4) is 5.75 Å². The fourth-order valence-electron chi connectivity index (χ4n) is 3.09. The minimum Gasteiger partial charge on any atom is -0.485 e. The number of nitrogens with zero attached hydrogens (tertiary/aromatic N) is 2. The third kappa shape index (κ3) is 4.73. The number of nitrogens with one attached hydrogen (secondary N) is 1. The smallest absolute Gasteiger partial charge is 0.270 e. The van der Waals surface area contributed by atoms with Gasteiger partial charge in [0, 0.05) is 6.20 Å². The molecule has 3 aromatic rings. The van der Waals surface area contributed by atoms with E-state index in [4.69, 9.17) is 4.74 Å². The predicted molar refractivity (Wildman–Crippen MR) is 112 cm³/mol. The second-order valence-electron chi connectivity index (χ2n) is 6.74. The molecular weight excluding hydrogens is 412 g/mol. The topological polar surface area (TPSA) is 75.9 Å². The van der Waals surface area contributed by atoms with Crippen LogP contribution in [-0.2, 0) is 6.61 Å². The van der Waals surface area contributed by atoms with Crippen LogP contribution < -0.4 is 10.1 Å². The van der Waals surface area contributed by atoms with Gasteiger partial charge in [0.25, 0.3) is 5.91 Å². The lowest BCUT2D eigenvalue weighted by Gasteiger charge is -2.16. The Morgan fingerprint density at radius 1 is 1.30 bits per heavy atom. The van der Waals surface area contributed by atoms with E-state index in [0.29, 0.717) is 29.2 Å². The highest BCUT2D eigenvalue weighted by Crippen LogP contribution is 2.24. The molecule has 9 heteroatoms. The molecule has 1 atom stereocenters. The first-order valence-electron chi connectivity index (χ1n) is 9.40. The lowest BCUT2D eigenvalue weighted by molar-refractivity contribution is 0.0908. The molecule has 0 saturated heterocycles. The van der Waals surface area contributed by atoms with Gasteiger partial charge in [-0.1, -0.05) is 6.07 Å². The summed E-state index contributed by atoms with van der Waals surface area (Å²) < 4.78 is 34.9. The van der Waals surface area contributed by atoms with Gasteiger partial charge in [-0.25, -0.2) is 13.8 Å². The summed E-state index contributed by atoms with van der Waals surface area (Å²) in [6.07, 6.45) is 4.26. The van der Waals surface area contributed by atoms with Crippen molar-refractivity contribution in [2.24, 2.45) is 0 Å². The molecule has 30 heavy (non-hydrogen) atoms. The zero-order valence-electron chi connectivity index (χ0n) is 16.7. The Labute approximate surface area is 177 Å². The Morgan fingerprint density at radius 3 is 2.70 bits per heavy atom. The van der Waals surface area contributed by atoms with Crippen LogP contribution in [0, 0.1) is 18.6 Å². The Hall–Kier alpha value is -2.65. The first-order chi connectivity index (χ1) is 14.5. The number of aliphatic hydroxyl groups excluding tert-OH is 1. The first kappa shape index (κ1) is 22.0. The zero-order chi connectivity index (χ0) is 21.7. The zero-order valence-corrected chi connectivity index (χ0v) is 17.5. The van der Waals surface area contributed by atoms with Gasteiger partial charge in [-0.15, -0.1) is 0 Å². The normalized spacial score (nSPS) is 12.2. The van der Waals surface area contributed by atoms with Crippen LogP contribution >= 0.6 is 11.8 Å². The number of benzene rings is 1. The van der Waals surface area contributed by atoms with E-state index in [0.717, 1.165) is 5.75 Å². The number of amides is 1. The van der Waals surface area contributed by atoms with Crippen molar-refractivity contribution in [2.45, 2.75) is 26.0 Å². The number of carbonyl (C=O) groups is 1. The van der Waals surface area contributed by atoms with Gasteiger partial charge in [0.05, 0.1) is 23.9 Å². The average Bonchev–Trinajstić information content (AvgIpc) is 3.07. The standard InChI is InChI=1S/C21H23F2N3O3S/c1-13-19(21(28)25-14(11-27)8-10-30-2)26-9-4-7-18(20(26)24-13)29-12-15-16(22)5-3-6-17(15)23/h3-7,9,14,27H,8,10-12H2,1-2H3,(H,25,28). The largest absolute Gasteiger partial charge is 0.485 e. The molecule has 0 aliphatic heterocycles. The highest BCUT2D eigenvalue weighted by molar-refractivity contribution is 7.98. The molecule has 2 heterocycles. The van der Waals surface area contributed by atoms with E-state index in [1.807, 2.05) is 6.26 Å². The molecule has 0 spiro atoms. The molecule has 1 amide bonds. The quantitative estimate of drug-likeness (QED) is 0.539. The summed E-state index contributed by atoms with van der Waals surface area (Å²) in [6, 6.07) is 6.54. The number of carbonyl (C=O) groups excluding carboxylic acids is 1. The average molecular weight is 435 g/mol. The van der Waals surface area contributed by atoms with Gasteiger partial charge in [0.2, 0.25) is 0 Å². The van der Waals surface area contributed by atoms with Crippen molar-refractivity contribution >= 4 is 23.3 Å². The molecule has 0 aliphatic rings. The maximum atomic E-state index is 13.9. The van der Waals surface area contributed by atoms with Crippen LogP contribution in [0.1, 0.15) is 28.2 Å². The van der Waals surface area contributed by atoms with Crippen LogP contribution in [0.4, 0.5) is 8.78 Å². The van der Waals surface area contributed by atoms with Crippen molar-refractivity contribution < 1.29 is 23.4 Å². The van der Waals surface area contributed by atoms with E-state index in [2.05, 4.69) is 10.3 Å².